The summed E-state index contributed by atoms with van der Waals surface area (Å²) in [7, 11) is 0. The molecule has 0 atom stereocenters. The Morgan fingerprint density at radius 3 is 2.73 bits per heavy atom. The standard InChI is InChI=1S/C11H8ClNO2/c12-11-7-9(15-13-11)6-5-8-3-1-2-4-10(8)14/h1-7,14H/b6-5+. The minimum atomic E-state index is 0.222. The van der Waals surface area contributed by atoms with Gasteiger partial charge in [0.05, 0.1) is 0 Å². The molecule has 0 unspecified atom stereocenters. The number of hydrogen-bond donors (Lipinski definition) is 1. The van der Waals surface area contributed by atoms with Gasteiger partial charge in [0.15, 0.2) is 10.9 Å². The summed E-state index contributed by atoms with van der Waals surface area (Å²) in [6, 6.07) is 8.61. The molecule has 0 bridgehead atoms. The molecule has 1 heterocycles. The Hall–Kier alpha value is -1.74. The second kappa shape index (κ2) is 4.19. The van der Waals surface area contributed by atoms with Gasteiger partial charge in [0, 0.05) is 11.6 Å². The van der Waals surface area contributed by atoms with Gasteiger partial charge in [-0.3, -0.25) is 0 Å². The van der Waals surface area contributed by atoms with Crippen LogP contribution in [0.3, 0.4) is 0 Å². The Bertz CT molecular complexity index is 491. The second-order valence-electron chi connectivity index (χ2n) is 2.94. The van der Waals surface area contributed by atoms with Crippen LogP contribution in [0.15, 0.2) is 34.9 Å². The lowest BCUT2D eigenvalue weighted by Crippen LogP contribution is -1.72. The van der Waals surface area contributed by atoms with E-state index in [-0.39, 0.29) is 5.75 Å². The molecule has 1 aromatic heterocycles. The number of para-hydroxylation sites is 1. The molecule has 0 aliphatic carbocycles. The van der Waals surface area contributed by atoms with Crippen LogP contribution in [-0.2, 0) is 0 Å². The van der Waals surface area contributed by atoms with Gasteiger partial charge in [-0.15, -0.1) is 0 Å². The molecular weight excluding hydrogens is 214 g/mol. The first kappa shape index (κ1) is 9.80. The molecule has 0 spiro atoms. The van der Waals surface area contributed by atoms with Gasteiger partial charge in [-0.25, -0.2) is 0 Å². The monoisotopic (exact) mass is 221 g/mol. The van der Waals surface area contributed by atoms with Crippen molar-refractivity contribution in [2.75, 3.05) is 0 Å². The number of benzene rings is 1. The number of nitrogens with zero attached hydrogens (tertiary/aromatic N) is 1. The van der Waals surface area contributed by atoms with E-state index in [0.29, 0.717) is 16.5 Å². The highest BCUT2D eigenvalue weighted by Gasteiger charge is 1.98. The van der Waals surface area contributed by atoms with Crippen LogP contribution >= 0.6 is 11.6 Å². The fourth-order valence-electron chi connectivity index (χ4n) is 1.15. The molecule has 0 aliphatic heterocycles. The third-order valence-corrected chi connectivity index (χ3v) is 2.04. The molecular formula is C11H8ClNO2. The number of aromatic hydroxyl groups is 1. The first-order chi connectivity index (χ1) is 7.25. The number of aromatic nitrogens is 1. The Balaban J connectivity index is 2.22. The largest absolute Gasteiger partial charge is 0.507 e. The van der Waals surface area contributed by atoms with E-state index in [4.69, 9.17) is 16.1 Å². The van der Waals surface area contributed by atoms with E-state index in [0.717, 1.165) is 0 Å². The summed E-state index contributed by atoms with van der Waals surface area (Å²) in [6.07, 6.45) is 3.42. The summed E-state index contributed by atoms with van der Waals surface area (Å²) in [5.41, 5.74) is 0.713. The van der Waals surface area contributed by atoms with Crippen molar-refractivity contribution in [1.29, 1.82) is 0 Å². The van der Waals surface area contributed by atoms with Gasteiger partial charge in [0.2, 0.25) is 0 Å². The van der Waals surface area contributed by atoms with Gasteiger partial charge in [0.25, 0.3) is 0 Å². The van der Waals surface area contributed by atoms with Crippen LogP contribution < -0.4 is 0 Å². The molecule has 0 radical (unpaired) electrons. The van der Waals surface area contributed by atoms with E-state index in [1.54, 1.807) is 36.4 Å². The van der Waals surface area contributed by atoms with Crippen LogP contribution in [0.4, 0.5) is 0 Å². The van der Waals surface area contributed by atoms with Gasteiger partial charge in [-0.2, -0.15) is 0 Å². The van der Waals surface area contributed by atoms with Crippen molar-refractivity contribution in [3.63, 3.8) is 0 Å². The first-order valence-corrected chi connectivity index (χ1v) is 4.72. The summed E-state index contributed by atoms with van der Waals surface area (Å²) >= 11 is 5.59. The Labute approximate surface area is 91.6 Å². The van der Waals surface area contributed by atoms with Crippen molar-refractivity contribution in [2.24, 2.45) is 0 Å². The van der Waals surface area contributed by atoms with Gasteiger partial charge < -0.3 is 9.63 Å². The van der Waals surface area contributed by atoms with Crippen molar-refractivity contribution in [1.82, 2.24) is 5.16 Å². The summed E-state index contributed by atoms with van der Waals surface area (Å²) < 4.78 is 4.88. The SMILES string of the molecule is Oc1ccccc1/C=C/c1cc(Cl)no1. The highest BCUT2D eigenvalue weighted by molar-refractivity contribution is 6.29. The normalized spacial score (nSPS) is 11.0. The maximum absolute atomic E-state index is 9.47. The summed E-state index contributed by atoms with van der Waals surface area (Å²) in [6.45, 7) is 0. The van der Waals surface area contributed by atoms with Crippen LogP contribution in [0.2, 0.25) is 5.15 Å². The molecule has 76 valence electrons. The lowest BCUT2D eigenvalue weighted by molar-refractivity contribution is 0.413. The number of rotatable bonds is 2. The van der Waals surface area contributed by atoms with E-state index >= 15 is 0 Å². The number of phenolic OH excluding ortho intramolecular Hbond substituents is 1. The first-order valence-electron chi connectivity index (χ1n) is 4.34. The molecule has 0 aliphatic rings. The lowest BCUT2D eigenvalue weighted by atomic mass is 10.2. The zero-order valence-electron chi connectivity index (χ0n) is 7.72. The molecule has 2 aromatic rings. The fraction of sp³-hybridized carbons (Fsp3) is 0. The third kappa shape index (κ3) is 2.39. The third-order valence-electron chi connectivity index (χ3n) is 1.86. The number of phenols is 1. The Morgan fingerprint density at radius 2 is 2.07 bits per heavy atom. The maximum atomic E-state index is 9.47. The number of halogens is 1. The molecule has 2 rings (SSSR count). The van der Waals surface area contributed by atoms with Crippen molar-refractivity contribution in [2.45, 2.75) is 0 Å². The minimum Gasteiger partial charge on any atom is -0.507 e. The highest BCUT2D eigenvalue weighted by atomic mass is 35.5. The van der Waals surface area contributed by atoms with E-state index in [9.17, 15) is 5.11 Å². The smallest absolute Gasteiger partial charge is 0.172 e. The van der Waals surface area contributed by atoms with Crippen LogP contribution in [0.25, 0.3) is 12.2 Å². The zero-order valence-corrected chi connectivity index (χ0v) is 8.48. The quantitative estimate of drug-likeness (QED) is 0.847. The van der Waals surface area contributed by atoms with Crippen LogP contribution in [-0.4, -0.2) is 10.3 Å². The van der Waals surface area contributed by atoms with E-state index in [2.05, 4.69) is 5.16 Å². The van der Waals surface area contributed by atoms with Crippen molar-refractivity contribution in [3.05, 3.63) is 46.8 Å². The second-order valence-corrected chi connectivity index (χ2v) is 3.33. The predicted octanol–water partition coefficient (Wildman–Crippen LogP) is 3.20. The molecule has 0 amide bonds. The highest BCUT2D eigenvalue weighted by Crippen LogP contribution is 2.19. The van der Waals surface area contributed by atoms with E-state index in [1.165, 1.54) is 0 Å². The minimum absolute atomic E-state index is 0.222. The van der Waals surface area contributed by atoms with Gasteiger partial charge in [-0.05, 0) is 18.2 Å². The van der Waals surface area contributed by atoms with E-state index < -0.39 is 0 Å². The molecule has 1 aromatic carbocycles. The van der Waals surface area contributed by atoms with Crippen molar-refractivity contribution < 1.29 is 9.63 Å². The molecule has 3 nitrogen and oxygen atoms in total. The predicted molar refractivity (Wildman–Crippen MR) is 58.5 cm³/mol. The van der Waals surface area contributed by atoms with Gasteiger partial charge in [0.1, 0.15) is 5.75 Å². The van der Waals surface area contributed by atoms with Crippen LogP contribution in [0.1, 0.15) is 11.3 Å². The zero-order chi connectivity index (χ0) is 10.7. The molecule has 4 heteroatoms. The topological polar surface area (TPSA) is 46.3 Å². The van der Waals surface area contributed by atoms with Gasteiger partial charge in [-0.1, -0.05) is 35.0 Å². The lowest BCUT2D eigenvalue weighted by Gasteiger charge is -1.95. The molecule has 15 heavy (non-hydrogen) atoms. The molecule has 0 saturated heterocycles. The Morgan fingerprint density at radius 1 is 1.27 bits per heavy atom. The molecule has 0 saturated carbocycles. The van der Waals surface area contributed by atoms with Crippen molar-refractivity contribution in [3.8, 4) is 5.75 Å². The van der Waals surface area contributed by atoms with Gasteiger partial charge >= 0.3 is 0 Å². The van der Waals surface area contributed by atoms with Crippen molar-refractivity contribution >= 4 is 23.8 Å². The summed E-state index contributed by atoms with van der Waals surface area (Å²) in [5, 5.41) is 13.3. The Kier molecular flexibility index (Phi) is 2.74. The molecule has 0 fully saturated rings. The average Bonchev–Trinajstić information content (AvgIpc) is 2.63. The maximum Gasteiger partial charge on any atom is 0.172 e. The fourth-order valence-corrected chi connectivity index (χ4v) is 1.29. The average molecular weight is 222 g/mol. The molecule has 1 N–H and O–H groups in total. The summed E-state index contributed by atoms with van der Waals surface area (Å²) in [4.78, 5) is 0. The summed E-state index contributed by atoms with van der Waals surface area (Å²) in [5.74, 6) is 0.766. The van der Waals surface area contributed by atoms with Crippen LogP contribution in [0.5, 0.6) is 5.75 Å². The number of hydrogen-bond acceptors (Lipinski definition) is 3. The van der Waals surface area contributed by atoms with E-state index in [1.807, 2.05) is 6.07 Å². The van der Waals surface area contributed by atoms with Crippen LogP contribution in [0, 0.1) is 0 Å².